The molecule has 0 spiro atoms. The lowest BCUT2D eigenvalue weighted by atomic mass is 10.0. The Morgan fingerprint density at radius 2 is 2.33 bits per heavy atom. The van der Waals surface area contributed by atoms with Crippen molar-refractivity contribution < 1.29 is 14.3 Å². The normalized spacial score (nSPS) is 21.1. The van der Waals surface area contributed by atoms with Crippen molar-refractivity contribution in [2.24, 2.45) is 5.92 Å². The zero-order valence-corrected chi connectivity index (χ0v) is 10.8. The number of hydrogen-bond acceptors (Lipinski definition) is 2. The van der Waals surface area contributed by atoms with Gasteiger partial charge in [0.2, 0.25) is 0 Å². The molecule has 0 bridgehead atoms. The Kier molecular flexibility index (Phi) is 3.88. The predicted molar refractivity (Wildman–Crippen MR) is 67.1 cm³/mol. The van der Waals surface area contributed by atoms with Gasteiger partial charge < -0.3 is 10.0 Å². The van der Waals surface area contributed by atoms with Crippen LogP contribution in [0.1, 0.15) is 23.7 Å². The lowest BCUT2D eigenvalue weighted by Gasteiger charge is -2.18. The van der Waals surface area contributed by atoms with Gasteiger partial charge in [-0.1, -0.05) is 17.7 Å². The van der Waals surface area contributed by atoms with Crippen molar-refractivity contribution >= 4 is 17.5 Å². The molecule has 2 unspecified atom stereocenters. The summed E-state index contributed by atoms with van der Waals surface area (Å²) >= 11 is 5.79. The molecule has 98 valence electrons. The van der Waals surface area contributed by atoms with E-state index in [-0.39, 0.29) is 22.4 Å². The molecule has 1 amide bonds. The van der Waals surface area contributed by atoms with Crippen LogP contribution >= 0.6 is 11.6 Å². The van der Waals surface area contributed by atoms with Crippen LogP contribution in [-0.2, 0) is 0 Å². The molecule has 0 aromatic heterocycles. The number of aliphatic hydroxyl groups excluding tert-OH is 1. The molecule has 5 heteroatoms. The standard InChI is InChI=1S/C13H15ClFNO2/c1-8(17)9-5-6-16(7-9)13(18)10-3-2-4-11(15)12(10)14/h2-4,8-9,17H,5-7H2,1H3. The van der Waals surface area contributed by atoms with Crippen LogP contribution in [0.4, 0.5) is 4.39 Å². The Morgan fingerprint density at radius 1 is 1.61 bits per heavy atom. The Labute approximate surface area is 110 Å². The number of aliphatic hydroxyl groups is 1. The van der Waals surface area contributed by atoms with Crippen molar-refractivity contribution in [3.63, 3.8) is 0 Å². The maximum Gasteiger partial charge on any atom is 0.255 e. The van der Waals surface area contributed by atoms with E-state index in [4.69, 9.17) is 11.6 Å². The molecule has 1 N–H and O–H groups in total. The van der Waals surface area contributed by atoms with E-state index in [0.29, 0.717) is 13.1 Å². The first-order valence-corrected chi connectivity index (χ1v) is 6.30. The summed E-state index contributed by atoms with van der Waals surface area (Å²) in [5, 5.41) is 9.36. The van der Waals surface area contributed by atoms with Gasteiger partial charge in [-0.15, -0.1) is 0 Å². The van der Waals surface area contributed by atoms with Crippen molar-refractivity contribution in [3.8, 4) is 0 Å². The van der Waals surface area contributed by atoms with E-state index in [0.717, 1.165) is 6.42 Å². The first-order chi connectivity index (χ1) is 8.50. The number of amides is 1. The third-order valence-electron chi connectivity index (χ3n) is 3.38. The molecule has 1 heterocycles. The molecule has 1 aromatic rings. The molecular formula is C13H15ClFNO2. The van der Waals surface area contributed by atoms with E-state index in [1.165, 1.54) is 18.2 Å². The second kappa shape index (κ2) is 5.24. The number of likely N-dealkylation sites (tertiary alicyclic amines) is 1. The molecule has 0 radical (unpaired) electrons. The molecular weight excluding hydrogens is 257 g/mol. The highest BCUT2D eigenvalue weighted by molar-refractivity contribution is 6.34. The van der Waals surface area contributed by atoms with E-state index < -0.39 is 11.9 Å². The van der Waals surface area contributed by atoms with Crippen LogP contribution in [0.5, 0.6) is 0 Å². The highest BCUT2D eigenvalue weighted by Gasteiger charge is 2.30. The Bertz CT molecular complexity index is 464. The number of nitrogens with zero attached hydrogens (tertiary/aromatic N) is 1. The number of hydrogen-bond donors (Lipinski definition) is 1. The molecule has 1 aliphatic rings. The summed E-state index contributed by atoms with van der Waals surface area (Å²) in [7, 11) is 0. The van der Waals surface area contributed by atoms with Crippen LogP contribution in [0.2, 0.25) is 5.02 Å². The van der Waals surface area contributed by atoms with Crippen molar-refractivity contribution in [2.75, 3.05) is 13.1 Å². The Hall–Kier alpha value is -1.13. The van der Waals surface area contributed by atoms with Gasteiger partial charge in [-0.3, -0.25) is 4.79 Å². The van der Waals surface area contributed by atoms with Crippen LogP contribution in [0.25, 0.3) is 0 Å². The van der Waals surface area contributed by atoms with E-state index in [1.54, 1.807) is 11.8 Å². The fraction of sp³-hybridized carbons (Fsp3) is 0.462. The highest BCUT2D eigenvalue weighted by Crippen LogP contribution is 2.25. The SMILES string of the molecule is CC(O)C1CCN(C(=O)c2cccc(F)c2Cl)C1. The van der Waals surface area contributed by atoms with Gasteiger partial charge in [0.05, 0.1) is 16.7 Å². The van der Waals surface area contributed by atoms with Crippen molar-refractivity contribution in [2.45, 2.75) is 19.4 Å². The quantitative estimate of drug-likeness (QED) is 0.897. The van der Waals surface area contributed by atoms with Gasteiger partial charge in [-0.25, -0.2) is 4.39 Å². The van der Waals surface area contributed by atoms with Gasteiger partial charge in [0.25, 0.3) is 5.91 Å². The third kappa shape index (κ3) is 2.49. The zero-order valence-electron chi connectivity index (χ0n) is 10.1. The fourth-order valence-corrected chi connectivity index (χ4v) is 2.41. The zero-order chi connectivity index (χ0) is 13.3. The summed E-state index contributed by atoms with van der Waals surface area (Å²) in [6, 6.07) is 4.21. The van der Waals surface area contributed by atoms with Crippen molar-refractivity contribution in [3.05, 3.63) is 34.6 Å². The van der Waals surface area contributed by atoms with Crippen LogP contribution in [-0.4, -0.2) is 35.1 Å². The first-order valence-electron chi connectivity index (χ1n) is 5.92. The molecule has 2 atom stereocenters. The summed E-state index contributed by atoms with van der Waals surface area (Å²) in [6.07, 6.45) is 0.321. The van der Waals surface area contributed by atoms with E-state index in [9.17, 15) is 14.3 Å². The first kappa shape index (κ1) is 13.3. The van der Waals surface area contributed by atoms with E-state index >= 15 is 0 Å². The largest absolute Gasteiger partial charge is 0.393 e. The summed E-state index contributed by atoms with van der Waals surface area (Å²) in [6.45, 7) is 2.78. The average Bonchev–Trinajstić information content (AvgIpc) is 2.81. The minimum absolute atomic E-state index is 0.0845. The average molecular weight is 272 g/mol. The lowest BCUT2D eigenvalue weighted by Crippen LogP contribution is -2.30. The summed E-state index contributed by atoms with van der Waals surface area (Å²) < 4.78 is 13.3. The highest BCUT2D eigenvalue weighted by atomic mass is 35.5. The molecule has 18 heavy (non-hydrogen) atoms. The summed E-state index contributed by atoms with van der Waals surface area (Å²) in [5.74, 6) is -0.780. The van der Waals surface area contributed by atoms with Crippen LogP contribution in [0, 0.1) is 11.7 Å². The molecule has 3 nitrogen and oxygen atoms in total. The second-order valence-corrected chi connectivity index (χ2v) is 5.02. The topological polar surface area (TPSA) is 40.5 Å². The van der Waals surface area contributed by atoms with Gasteiger partial charge in [-0.2, -0.15) is 0 Å². The van der Waals surface area contributed by atoms with Crippen LogP contribution in [0.3, 0.4) is 0 Å². The second-order valence-electron chi connectivity index (χ2n) is 4.64. The third-order valence-corrected chi connectivity index (χ3v) is 3.76. The maximum absolute atomic E-state index is 13.3. The molecule has 1 fully saturated rings. The van der Waals surface area contributed by atoms with Gasteiger partial charge in [0.15, 0.2) is 0 Å². The number of carbonyl (C=O) groups excluding carboxylic acids is 1. The molecule has 2 rings (SSSR count). The van der Waals surface area contributed by atoms with Crippen molar-refractivity contribution in [1.29, 1.82) is 0 Å². The molecule has 1 saturated heterocycles. The molecule has 0 saturated carbocycles. The predicted octanol–water partition coefficient (Wildman–Crippen LogP) is 2.32. The minimum Gasteiger partial charge on any atom is -0.393 e. The monoisotopic (exact) mass is 271 g/mol. The van der Waals surface area contributed by atoms with E-state index in [1.807, 2.05) is 0 Å². The van der Waals surface area contributed by atoms with Gasteiger partial charge >= 0.3 is 0 Å². The summed E-state index contributed by atoms with van der Waals surface area (Å²) in [5.41, 5.74) is 0.183. The minimum atomic E-state index is -0.589. The fourth-order valence-electron chi connectivity index (χ4n) is 2.20. The number of halogens is 2. The van der Waals surface area contributed by atoms with Crippen LogP contribution in [0.15, 0.2) is 18.2 Å². The smallest absolute Gasteiger partial charge is 0.255 e. The Morgan fingerprint density at radius 3 is 2.94 bits per heavy atom. The van der Waals surface area contributed by atoms with E-state index in [2.05, 4.69) is 0 Å². The summed E-state index contributed by atoms with van der Waals surface area (Å²) in [4.78, 5) is 13.8. The number of rotatable bonds is 2. The van der Waals surface area contributed by atoms with Gasteiger partial charge in [-0.05, 0) is 25.5 Å². The molecule has 1 aliphatic heterocycles. The van der Waals surface area contributed by atoms with Gasteiger partial charge in [0, 0.05) is 19.0 Å². The van der Waals surface area contributed by atoms with Crippen molar-refractivity contribution in [1.82, 2.24) is 4.90 Å². The number of benzene rings is 1. The molecule has 0 aliphatic carbocycles. The Balaban J connectivity index is 2.16. The van der Waals surface area contributed by atoms with Gasteiger partial charge in [0.1, 0.15) is 5.82 Å². The molecule has 1 aromatic carbocycles. The lowest BCUT2D eigenvalue weighted by molar-refractivity contribution is 0.0762. The number of carbonyl (C=O) groups is 1. The van der Waals surface area contributed by atoms with Crippen LogP contribution < -0.4 is 0 Å². The maximum atomic E-state index is 13.3.